The zero-order valence-electron chi connectivity index (χ0n) is 16.0. The molecule has 0 aliphatic carbocycles. The lowest BCUT2D eigenvalue weighted by molar-refractivity contribution is -0.231. The molecule has 28 heavy (non-hydrogen) atoms. The van der Waals surface area contributed by atoms with E-state index in [1.165, 1.54) is 0 Å². The van der Waals surface area contributed by atoms with Crippen molar-refractivity contribution in [3.63, 3.8) is 0 Å². The zero-order chi connectivity index (χ0) is 20.1. The van der Waals surface area contributed by atoms with Gasteiger partial charge >= 0.3 is 0 Å². The van der Waals surface area contributed by atoms with Gasteiger partial charge in [0.15, 0.2) is 24.0 Å². The summed E-state index contributed by atoms with van der Waals surface area (Å²) in [7, 11) is 0. The Hall–Kier alpha value is -1.36. The molecule has 0 bridgehead atoms. The van der Waals surface area contributed by atoms with Crippen LogP contribution in [0.15, 0.2) is 33.8 Å². The molecule has 1 aromatic rings. The van der Waals surface area contributed by atoms with E-state index in [1.807, 2.05) is 24.3 Å². The smallest absolute Gasteiger partial charge is 0.272 e. The second kappa shape index (κ2) is 7.16. The fraction of sp³-hybridized carbons (Fsp3) is 0.579. The first-order valence-corrected chi connectivity index (χ1v) is 9.88. The molecule has 3 fully saturated rings. The van der Waals surface area contributed by atoms with E-state index in [9.17, 15) is 4.79 Å². The molecule has 1 amide bonds. The average molecular weight is 455 g/mol. The first kappa shape index (κ1) is 19.9. The molecule has 0 aromatic heterocycles. The van der Waals surface area contributed by atoms with Gasteiger partial charge in [0.1, 0.15) is 18.3 Å². The van der Waals surface area contributed by atoms with Crippen LogP contribution in [-0.2, 0) is 28.5 Å². The molecule has 5 atom stereocenters. The van der Waals surface area contributed by atoms with Gasteiger partial charge in [-0.2, -0.15) is 5.10 Å². The molecule has 0 unspecified atom stereocenters. The predicted octanol–water partition coefficient (Wildman–Crippen LogP) is 2.30. The van der Waals surface area contributed by atoms with Crippen LogP contribution in [0.1, 0.15) is 33.3 Å². The summed E-state index contributed by atoms with van der Waals surface area (Å²) < 4.78 is 30.5. The molecule has 1 N–H and O–H groups in total. The predicted molar refractivity (Wildman–Crippen MR) is 102 cm³/mol. The van der Waals surface area contributed by atoms with Crippen molar-refractivity contribution in [1.82, 2.24) is 5.43 Å². The molecular formula is C19H23BrN2O6. The Morgan fingerprint density at radius 1 is 1.07 bits per heavy atom. The standard InChI is InChI=1S/C19H23BrN2O6/c1-18(2)25-12-13(26-18)15-17(28-19(3,4)27-15)24-14(12)16(23)22-21-9-10-6-5-7-11(20)8-10/h5-9,12-15,17H,1-4H3,(H,22,23)/t12-,13+,14+,15-,17-/m1/s1. The quantitative estimate of drug-likeness (QED) is 0.556. The zero-order valence-corrected chi connectivity index (χ0v) is 17.6. The SMILES string of the molecule is CC1(C)O[C@H]2[C@@H](O1)[C@@H](C(=O)NN=Cc1cccc(Br)c1)O[C@@H]1OC(C)(C)O[C@@H]12. The molecule has 3 aliphatic heterocycles. The van der Waals surface area contributed by atoms with Gasteiger partial charge in [0.2, 0.25) is 0 Å². The number of hydrogen-bond acceptors (Lipinski definition) is 7. The van der Waals surface area contributed by atoms with Gasteiger partial charge in [0.25, 0.3) is 5.91 Å². The van der Waals surface area contributed by atoms with E-state index in [2.05, 4.69) is 26.5 Å². The fourth-order valence-electron chi connectivity index (χ4n) is 3.64. The molecule has 8 nitrogen and oxygen atoms in total. The van der Waals surface area contributed by atoms with E-state index in [-0.39, 0.29) is 0 Å². The number of ether oxygens (including phenoxy) is 5. The normalized spacial score (nSPS) is 35.5. The largest absolute Gasteiger partial charge is 0.342 e. The lowest BCUT2D eigenvalue weighted by Gasteiger charge is -2.36. The number of carbonyl (C=O) groups is 1. The van der Waals surface area contributed by atoms with Gasteiger partial charge < -0.3 is 23.7 Å². The van der Waals surface area contributed by atoms with E-state index in [0.29, 0.717) is 0 Å². The van der Waals surface area contributed by atoms with Crippen LogP contribution in [0.5, 0.6) is 0 Å². The highest BCUT2D eigenvalue weighted by Crippen LogP contribution is 2.44. The summed E-state index contributed by atoms with van der Waals surface area (Å²) in [5.41, 5.74) is 3.36. The highest BCUT2D eigenvalue weighted by molar-refractivity contribution is 9.10. The molecule has 0 radical (unpaired) electrons. The highest BCUT2D eigenvalue weighted by atomic mass is 79.9. The third kappa shape index (κ3) is 4.00. The molecule has 3 heterocycles. The number of halogens is 1. The summed E-state index contributed by atoms with van der Waals surface area (Å²) in [4.78, 5) is 12.8. The Morgan fingerprint density at radius 3 is 2.50 bits per heavy atom. The first-order valence-electron chi connectivity index (χ1n) is 9.09. The maximum atomic E-state index is 12.8. The van der Waals surface area contributed by atoms with Crippen LogP contribution in [0.25, 0.3) is 0 Å². The van der Waals surface area contributed by atoms with Crippen molar-refractivity contribution in [2.24, 2.45) is 5.10 Å². The number of fused-ring (bicyclic) bond motifs is 3. The maximum absolute atomic E-state index is 12.8. The van der Waals surface area contributed by atoms with Crippen LogP contribution in [0.2, 0.25) is 0 Å². The van der Waals surface area contributed by atoms with Gasteiger partial charge in [-0.15, -0.1) is 0 Å². The van der Waals surface area contributed by atoms with Crippen LogP contribution >= 0.6 is 15.9 Å². The first-order chi connectivity index (χ1) is 13.1. The number of amides is 1. The van der Waals surface area contributed by atoms with E-state index >= 15 is 0 Å². The molecule has 0 saturated carbocycles. The summed E-state index contributed by atoms with van der Waals surface area (Å²) in [6, 6.07) is 7.55. The van der Waals surface area contributed by atoms with Gasteiger partial charge in [-0.05, 0) is 45.4 Å². The van der Waals surface area contributed by atoms with Crippen LogP contribution in [0, 0.1) is 0 Å². The average Bonchev–Trinajstić information content (AvgIpc) is 3.08. The third-order valence-electron chi connectivity index (χ3n) is 4.65. The van der Waals surface area contributed by atoms with Gasteiger partial charge in [-0.3, -0.25) is 4.79 Å². The number of hydrazone groups is 1. The van der Waals surface area contributed by atoms with Crippen LogP contribution in [-0.4, -0.2) is 54.4 Å². The lowest BCUT2D eigenvalue weighted by Crippen LogP contribution is -2.59. The molecule has 3 saturated heterocycles. The minimum absolute atomic E-state index is 0.436. The number of rotatable bonds is 3. The van der Waals surface area contributed by atoms with Crippen molar-refractivity contribution in [3.05, 3.63) is 34.3 Å². The lowest BCUT2D eigenvalue weighted by atomic mass is 9.98. The van der Waals surface area contributed by atoms with Gasteiger partial charge in [0.05, 0.1) is 6.21 Å². The monoisotopic (exact) mass is 454 g/mol. The second-order valence-electron chi connectivity index (χ2n) is 7.88. The van der Waals surface area contributed by atoms with Crippen LogP contribution in [0.3, 0.4) is 0 Å². The van der Waals surface area contributed by atoms with E-state index < -0.39 is 48.2 Å². The number of nitrogens with zero attached hydrogens (tertiary/aromatic N) is 1. The van der Waals surface area contributed by atoms with Crippen molar-refractivity contribution in [1.29, 1.82) is 0 Å². The minimum Gasteiger partial charge on any atom is -0.342 e. The number of hydrogen-bond donors (Lipinski definition) is 1. The van der Waals surface area contributed by atoms with Crippen molar-refractivity contribution in [2.75, 3.05) is 0 Å². The van der Waals surface area contributed by atoms with Crippen LogP contribution < -0.4 is 5.43 Å². The fourth-order valence-corrected chi connectivity index (χ4v) is 4.06. The number of carbonyl (C=O) groups excluding carboxylic acids is 1. The second-order valence-corrected chi connectivity index (χ2v) is 8.79. The molecule has 0 spiro atoms. The third-order valence-corrected chi connectivity index (χ3v) is 5.14. The molecule has 1 aromatic carbocycles. The Bertz CT molecular complexity index is 798. The molecule has 3 aliphatic rings. The molecule has 152 valence electrons. The Labute approximate surface area is 171 Å². The summed E-state index contributed by atoms with van der Waals surface area (Å²) in [5, 5.41) is 4.03. The molecular weight excluding hydrogens is 432 g/mol. The highest BCUT2D eigenvalue weighted by Gasteiger charge is 2.62. The number of nitrogens with one attached hydrogen (secondary N) is 1. The summed E-state index contributed by atoms with van der Waals surface area (Å²) in [5.74, 6) is -2.13. The topological polar surface area (TPSA) is 87.6 Å². The Kier molecular flexibility index (Phi) is 5.09. The van der Waals surface area contributed by atoms with Gasteiger partial charge in [-0.25, -0.2) is 5.43 Å². The Morgan fingerprint density at radius 2 is 1.75 bits per heavy atom. The summed E-state index contributed by atoms with van der Waals surface area (Å²) in [6.45, 7) is 7.17. The van der Waals surface area contributed by atoms with Crippen molar-refractivity contribution in [3.8, 4) is 0 Å². The van der Waals surface area contributed by atoms with E-state index in [4.69, 9.17) is 23.7 Å². The maximum Gasteiger partial charge on any atom is 0.272 e. The number of benzene rings is 1. The summed E-state index contributed by atoms with van der Waals surface area (Å²) >= 11 is 3.40. The Balaban J connectivity index is 1.49. The van der Waals surface area contributed by atoms with Crippen LogP contribution in [0.4, 0.5) is 0 Å². The van der Waals surface area contributed by atoms with E-state index in [0.717, 1.165) is 10.0 Å². The summed E-state index contributed by atoms with van der Waals surface area (Å²) in [6.07, 6.45) is -1.70. The van der Waals surface area contributed by atoms with Crippen molar-refractivity contribution >= 4 is 28.1 Å². The van der Waals surface area contributed by atoms with E-state index in [1.54, 1.807) is 33.9 Å². The van der Waals surface area contributed by atoms with Gasteiger partial charge in [0, 0.05) is 4.47 Å². The van der Waals surface area contributed by atoms with Crippen molar-refractivity contribution < 1.29 is 28.5 Å². The minimum atomic E-state index is -0.940. The molecule has 4 rings (SSSR count). The van der Waals surface area contributed by atoms with Crippen molar-refractivity contribution in [2.45, 2.75) is 70.0 Å². The van der Waals surface area contributed by atoms with Gasteiger partial charge in [-0.1, -0.05) is 28.1 Å². The molecule has 9 heteroatoms.